The molecule has 0 fully saturated rings. The van der Waals surface area contributed by atoms with Crippen LogP contribution in [0, 0.1) is 19.7 Å². The molecule has 0 bridgehead atoms. The van der Waals surface area contributed by atoms with Crippen LogP contribution in [0.25, 0.3) is 0 Å². The molecule has 116 valence electrons. The molecule has 4 heteroatoms. The number of halogens is 1. The molecule has 0 saturated carbocycles. The molecular formula is C18H21FN2O. The van der Waals surface area contributed by atoms with E-state index in [4.69, 9.17) is 0 Å². The molecule has 0 spiro atoms. The quantitative estimate of drug-likeness (QED) is 0.886. The molecule has 0 aliphatic heterocycles. The van der Waals surface area contributed by atoms with Gasteiger partial charge in [0.25, 0.3) is 0 Å². The molecule has 2 rings (SSSR count). The SMILES string of the molecule is CCN(Cc1cccc(F)c1)C(=O)Nc1ccc(C)c(C)c1. The highest BCUT2D eigenvalue weighted by Crippen LogP contribution is 2.15. The van der Waals surface area contributed by atoms with Crippen LogP contribution in [0.2, 0.25) is 0 Å². The fourth-order valence-electron chi connectivity index (χ4n) is 2.20. The maximum Gasteiger partial charge on any atom is 0.322 e. The molecule has 0 atom stereocenters. The minimum atomic E-state index is -0.289. The minimum absolute atomic E-state index is 0.185. The molecular weight excluding hydrogens is 279 g/mol. The number of carbonyl (C=O) groups is 1. The molecule has 0 aliphatic rings. The van der Waals surface area contributed by atoms with E-state index in [9.17, 15) is 9.18 Å². The van der Waals surface area contributed by atoms with Gasteiger partial charge in [-0.25, -0.2) is 9.18 Å². The fraction of sp³-hybridized carbons (Fsp3) is 0.278. The molecule has 0 radical (unpaired) electrons. The predicted octanol–water partition coefficient (Wildman–Crippen LogP) is 4.50. The highest BCUT2D eigenvalue weighted by Gasteiger charge is 2.13. The summed E-state index contributed by atoms with van der Waals surface area (Å²) in [6, 6.07) is 11.9. The monoisotopic (exact) mass is 300 g/mol. The number of anilines is 1. The summed E-state index contributed by atoms with van der Waals surface area (Å²) in [5, 5.41) is 2.89. The molecule has 22 heavy (non-hydrogen) atoms. The van der Waals surface area contributed by atoms with Crippen LogP contribution in [0.4, 0.5) is 14.9 Å². The fourth-order valence-corrected chi connectivity index (χ4v) is 2.20. The van der Waals surface area contributed by atoms with Gasteiger partial charge in [0.15, 0.2) is 0 Å². The number of rotatable bonds is 4. The summed E-state index contributed by atoms with van der Waals surface area (Å²) in [4.78, 5) is 14.0. The largest absolute Gasteiger partial charge is 0.322 e. The molecule has 0 aliphatic carbocycles. The van der Waals surface area contributed by atoms with Crippen LogP contribution >= 0.6 is 0 Å². The summed E-state index contributed by atoms with van der Waals surface area (Å²) < 4.78 is 13.2. The second-order valence-electron chi connectivity index (χ2n) is 5.37. The van der Waals surface area contributed by atoms with Crippen LogP contribution in [0.1, 0.15) is 23.6 Å². The first kappa shape index (κ1) is 16.0. The van der Waals surface area contributed by atoms with E-state index >= 15 is 0 Å². The predicted molar refractivity (Wildman–Crippen MR) is 87.4 cm³/mol. The van der Waals surface area contributed by atoms with E-state index in [1.807, 2.05) is 45.0 Å². The average molecular weight is 300 g/mol. The molecule has 2 aromatic carbocycles. The van der Waals surface area contributed by atoms with Gasteiger partial charge in [0.1, 0.15) is 5.82 Å². The standard InChI is InChI=1S/C18H21FN2O/c1-4-21(12-15-6-5-7-16(19)11-15)18(22)20-17-9-8-13(2)14(3)10-17/h5-11H,4,12H2,1-3H3,(H,20,22). The van der Waals surface area contributed by atoms with Crippen LogP contribution in [-0.2, 0) is 6.54 Å². The van der Waals surface area contributed by atoms with Crippen molar-refractivity contribution in [1.82, 2.24) is 4.90 Å². The normalized spacial score (nSPS) is 10.4. The molecule has 0 aromatic heterocycles. The van der Waals surface area contributed by atoms with Crippen molar-refractivity contribution < 1.29 is 9.18 Å². The third-order valence-electron chi connectivity index (χ3n) is 3.69. The van der Waals surface area contributed by atoms with Crippen molar-refractivity contribution >= 4 is 11.7 Å². The van der Waals surface area contributed by atoms with Crippen LogP contribution in [0.3, 0.4) is 0 Å². The van der Waals surface area contributed by atoms with Gasteiger partial charge in [-0.05, 0) is 61.7 Å². The lowest BCUT2D eigenvalue weighted by Gasteiger charge is -2.22. The summed E-state index contributed by atoms with van der Waals surface area (Å²) in [5.74, 6) is -0.289. The summed E-state index contributed by atoms with van der Waals surface area (Å²) in [5.41, 5.74) is 3.86. The smallest absolute Gasteiger partial charge is 0.320 e. The number of nitrogens with one attached hydrogen (secondary N) is 1. The number of carbonyl (C=O) groups excluding carboxylic acids is 1. The number of benzene rings is 2. The van der Waals surface area contributed by atoms with Crippen LogP contribution in [0.15, 0.2) is 42.5 Å². The summed E-state index contributed by atoms with van der Waals surface area (Å²) in [7, 11) is 0. The Bertz CT molecular complexity index is 670. The van der Waals surface area contributed by atoms with Crippen molar-refractivity contribution in [3.8, 4) is 0 Å². The number of urea groups is 1. The summed E-state index contributed by atoms with van der Waals surface area (Å²) in [6.07, 6.45) is 0. The minimum Gasteiger partial charge on any atom is -0.320 e. The van der Waals surface area contributed by atoms with Crippen LogP contribution < -0.4 is 5.32 Å². The molecule has 0 heterocycles. The van der Waals surface area contributed by atoms with E-state index in [0.29, 0.717) is 13.1 Å². The third kappa shape index (κ3) is 4.07. The Morgan fingerprint density at radius 3 is 2.55 bits per heavy atom. The number of nitrogens with zero attached hydrogens (tertiary/aromatic N) is 1. The topological polar surface area (TPSA) is 32.3 Å². The van der Waals surface area contributed by atoms with E-state index in [0.717, 1.165) is 16.8 Å². The second kappa shape index (κ2) is 7.07. The molecule has 0 saturated heterocycles. The van der Waals surface area contributed by atoms with Gasteiger partial charge < -0.3 is 10.2 Å². The van der Waals surface area contributed by atoms with Gasteiger partial charge in [0.2, 0.25) is 0 Å². The molecule has 2 amide bonds. The lowest BCUT2D eigenvalue weighted by molar-refractivity contribution is 0.212. The van der Waals surface area contributed by atoms with E-state index in [1.54, 1.807) is 11.0 Å². The highest BCUT2D eigenvalue weighted by atomic mass is 19.1. The Balaban J connectivity index is 2.06. The first-order valence-corrected chi connectivity index (χ1v) is 7.37. The molecule has 3 nitrogen and oxygen atoms in total. The Morgan fingerprint density at radius 2 is 1.91 bits per heavy atom. The van der Waals surface area contributed by atoms with Gasteiger partial charge in [-0.15, -0.1) is 0 Å². The maximum atomic E-state index is 13.2. The van der Waals surface area contributed by atoms with Crippen molar-refractivity contribution in [3.05, 3.63) is 65.0 Å². The highest BCUT2D eigenvalue weighted by molar-refractivity contribution is 5.89. The van der Waals surface area contributed by atoms with E-state index in [1.165, 1.54) is 17.7 Å². The molecule has 0 unspecified atom stereocenters. The van der Waals surface area contributed by atoms with Gasteiger partial charge in [-0.2, -0.15) is 0 Å². The summed E-state index contributed by atoms with van der Waals surface area (Å²) in [6.45, 7) is 6.87. The van der Waals surface area contributed by atoms with Gasteiger partial charge in [-0.3, -0.25) is 0 Å². The zero-order valence-corrected chi connectivity index (χ0v) is 13.2. The number of aryl methyl sites for hydroxylation is 2. The Labute approximate surface area is 130 Å². The first-order chi connectivity index (χ1) is 10.5. The van der Waals surface area contributed by atoms with Gasteiger partial charge >= 0.3 is 6.03 Å². The maximum absolute atomic E-state index is 13.2. The molecule has 1 N–H and O–H groups in total. The Morgan fingerprint density at radius 1 is 1.14 bits per heavy atom. The van der Waals surface area contributed by atoms with E-state index < -0.39 is 0 Å². The van der Waals surface area contributed by atoms with Crippen LogP contribution in [0.5, 0.6) is 0 Å². The van der Waals surface area contributed by atoms with Gasteiger partial charge in [0.05, 0.1) is 0 Å². The lowest BCUT2D eigenvalue weighted by Crippen LogP contribution is -2.34. The third-order valence-corrected chi connectivity index (χ3v) is 3.69. The van der Waals surface area contributed by atoms with Crippen molar-refractivity contribution in [1.29, 1.82) is 0 Å². The van der Waals surface area contributed by atoms with Crippen molar-refractivity contribution in [2.75, 3.05) is 11.9 Å². The Kier molecular flexibility index (Phi) is 5.15. The summed E-state index contributed by atoms with van der Waals surface area (Å²) >= 11 is 0. The molecule has 2 aromatic rings. The number of amides is 2. The van der Waals surface area contributed by atoms with E-state index in [-0.39, 0.29) is 11.8 Å². The zero-order valence-electron chi connectivity index (χ0n) is 13.2. The lowest BCUT2D eigenvalue weighted by atomic mass is 10.1. The van der Waals surface area contributed by atoms with Crippen molar-refractivity contribution in [2.24, 2.45) is 0 Å². The van der Waals surface area contributed by atoms with Gasteiger partial charge in [0, 0.05) is 18.8 Å². The van der Waals surface area contributed by atoms with Crippen molar-refractivity contribution in [2.45, 2.75) is 27.3 Å². The van der Waals surface area contributed by atoms with Crippen LogP contribution in [-0.4, -0.2) is 17.5 Å². The number of hydrogen-bond acceptors (Lipinski definition) is 1. The average Bonchev–Trinajstić information content (AvgIpc) is 2.48. The number of hydrogen-bond donors (Lipinski definition) is 1. The van der Waals surface area contributed by atoms with Crippen molar-refractivity contribution in [3.63, 3.8) is 0 Å². The zero-order chi connectivity index (χ0) is 16.1. The van der Waals surface area contributed by atoms with Gasteiger partial charge in [-0.1, -0.05) is 18.2 Å². The second-order valence-corrected chi connectivity index (χ2v) is 5.37. The Hall–Kier alpha value is -2.36. The first-order valence-electron chi connectivity index (χ1n) is 7.37. The van der Waals surface area contributed by atoms with E-state index in [2.05, 4.69) is 5.32 Å².